The highest BCUT2D eigenvalue weighted by Crippen LogP contribution is 2.06. The van der Waals surface area contributed by atoms with E-state index >= 15 is 0 Å². The Morgan fingerprint density at radius 2 is 2.05 bits per heavy atom. The van der Waals surface area contributed by atoms with Crippen molar-refractivity contribution in [3.8, 4) is 0 Å². The van der Waals surface area contributed by atoms with Crippen molar-refractivity contribution in [1.29, 1.82) is 0 Å². The van der Waals surface area contributed by atoms with E-state index in [1.165, 1.54) is 11.8 Å². The maximum atomic E-state index is 11.2. The maximum Gasteiger partial charge on any atom is 0.323 e. The molecule has 0 spiro atoms. The fourth-order valence-electron chi connectivity index (χ4n) is 1.25. The first kappa shape index (κ1) is 18.7. The molecule has 0 saturated carbocycles. The van der Waals surface area contributed by atoms with Gasteiger partial charge in [-0.05, 0) is 13.8 Å². The second-order valence-corrected chi connectivity index (χ2v) is 5.22. The molecule has 6 nitrogen and oxygen atoms in total. The normalized spacial score (nSPS) is 15.8. The summed E-state index contributed by atoms with van der Waals surface area (Å²) in [5, 5.41) is 9.68. The number of ether oxygens (including phenoxy) is 3. The predicted molar refractivity (Wildman–Crippen MR) is 75.2 cm³/mol. The van der Waals surface area contributed by atoms with Gasteiger partial charge in [-0.15, -0.1) is 0 Å². The van der Waals surface area contributed by atoms with Gasteiger partial charge in [0.15, 0.2) is 0 Å². The quantitative estimate of drug-likeness (QED) is 0.519. The molecule has 0 bridgehead atoms. The third-order valence-corrected chi connectivity index (χ3v) is 3.39. The number of hydrogen-bond acceptors (Lipinski definition) is 7. The molecule has 0 aliphatic heterocycles. The first-order valence-electron chi connectivity index (χ1n) is 6.29. The summed E-state index contributed by atoms with van der Waals surface area (Å²) in [6.07, 6.45) is -0.634. The van der Waals surface area contributed by atoms with Gasteiger partial charge in [0.2, 0.25) is 0 Å². The fraction of sp³-hybridized carbons (Fsp3) is 0.917. The summed E-state index contributed by atoms with van der Waals surface area (Å²) < 4.78 is 15.1. The Hall–Kier alpha value is -0.340. The molecule has 0 aromatic carbocycles. The average Bonchev–Trinajstić information content (AvgIpc) is 2.37. The second kappa shape index (κ2) is 11.5. The van der Waals surface area contributed by atoms with Crippen LogP contribution in [-0.4, -0.2) is 67.8 Å². The van der Waals surface area contributed by atoms with Crippen LogP contribution in [0.2, 0.25) is 0 Å². The molecule has 0 aliphatic carbocycles. The van der Waals surface area contributed by atoms with Crippen molar-refractivity contribution in [3.63, 3.8) is 0 Å². The van der Waals surface area contributed by atoms with Crippen molar-refractivity contribution in [2.75, 3.05) is 38.4 Å². The standard InChI is InChI=1S/C12H25NO5S/c1-4-17-12(15)11(13)8-19-7-10(14)6-18-9(2)5-16-3/h9-11,14H,4-8,13H2,1-3H3. The third kappa shape index (κ3) is 10.1. The van der Waals surface area contributed by atoms with Crippen LogP contribution >= 0.6 is 11.8 Å². The van der Waals surface area contributed by atoms with Crippen molar-refractivity contribution < 1.29 is 24.1 Å². The van der Waals surface area contributed by atoms with Gasteiger partial charge in [-0.1, -0.05) is 0 Å². The lowest BCUT2D eigenvalue weighted by atomic mass is 10.4. The largest absolute Gasteiger partial charge is 0.465 e. The topological polar surface area (TPSA) is 91.0 Å². The average molecular weight is 295 g/mol. The lowest BCUT2D eigenvalue weighted by Crippen LogP contribution is -2.35. The van der Waals surface area contributed by atoms with Crippen molar-refractivity contribution in [2.24, 2.45) is 5.73 Å². The molecule has 0 saturated heterocycles. The van der Waals surface area contributed by atoms with E-state index in [1.807, 2.05) is 6.92 Å². The highest BCUT2D eigenvalue weighted by molar-refractivity contribution is 7.99. The highest BCUT2D eigenvalue weighted by Gasteiger charge is 2.15. The molecular weight excluding hydrogens is 270 g/mol. The molecule has 3 unspecified atom stereocenters. The van der Waals surface area contributed by atoms with E-state index in [1.54, 1.807) is 14.0 Å². The SMILES string of the molecule is CCOC(=O)C(N)CSCC(O)COC(C)COC. The van der Waals surface area contributed by atoms with Gasteiger partial charge in [0.25, 0.3) is 0 Å². The first-order valence-corrected chi connectivity index (χ1v) is 7.45. The van der Waals surface area contributed by atoms with Crippen LogP contribution in [0.1, 0.15) is 13.8 Å². The number of esters is 1. The lowest BCUT2D eigenvalue weighted by Gasteiger charge is -2.16. The van der Waals surface area contributed by atoms with Crippen LogP contribution in [0.25, 0.3) is 0 Å². The van der Waals surface area contributed by atoms with E-state index in [0.29, 0.717) is 24.7 Å². The van der Waals surface area contributed by atoms with Gasteiger partial charge in [0, 0.05) is 18.6 Å². The van der Waals surface area contributed by atoms with Gasteiger partial charge in [-0.25, -0.2) is 0 Å². The summed E-state index contributed by atoms with van der Waals surface area (Å²) in [5.41, 5.74) is 5.63. The van der Waals surface area contributed by atoms with Gasteiger partial charge >= 0.3 is 5.97 Å². The molecule has 0 heterocycles. The molecule has 3 atom stereocenters. The summed E-state index contributed by atoms with van der Waals surface area (Å²) in [4.78, 5) is 11.2. The Bertz CT molecular complexity index is 242. The van der Waals surface area contributed by atoms with E-state index < -0.39 is 18.1 Å². The minimum absolute atomic E-state index is 0.0496. The van der Waals surface area contributed by atoms with Crippen LogP contribution in [-0.2, 0) is 19.0 Å². The fourth-order valence-corrected chi connectivity index (χ4v) is 2.15. The number of nitrogens with two attached hydrogens (primary N) is 1. The van der Waals surface area contributed by atoms with Crippen LogP contribution in [0.4, 0.5) is 0 Å². The molecule has 3 N–H and O–H groups in total. The smallest absolute Gasteiger partial charge is 0.323 e. The minimum Gasteiger partial charge on any atom is -0.465 e. The maximum absolute atomic E-state index is 11.2. The summed E-state index contributed by atoms with van der Waals surface area (Å²) in [7, 11) is 1.60. The first-order chi connectivity index (χ1) is 9.01. The van der Waals surface area contributed by atoms with Crippen molar-refractivity contribution in [3.05, 3.63) is 0 Å². The van der Waals surface area contributed by atoms with Gasteiger partial charge in [0.1, 0.15) is 6.04 Å². The summed E-state index contributed by atoms with van der Waals surface area (Å²) in [6.45, 7) is 4.67. The molecule has 7 heteroatoms. The number of hydrogen-bond donors (Lipinski definition) is 2. The van der Waals surface area contributed by atoms with Crippen LogP contribution in [0.5, 0.6) is 0 Å². The number of methoxy groups -OCH3 is 1. The number of carbonyl (C=O) groups excluding carboxylic acids is 1. The molecule has 19 heavy (non-hydrogen) atoms. The van der Waals surface area contributed by atoms with E-state index in [9.17, 15) is 9.90 Å². The van der Waals surface area contributed by atoms with Crippen LogP contribution in [0.3, 0.4) is 0 Å². The molecular formula is C12H25NO5S. The molecule has 0 amide bonds. The van der Waals surface area contributed by atoms with Gasteiger partial charge < -0.3 is 25.1 Å². The monoisotopic (exact) mass is 295 g/mol. The molecule has 114 valence electrons. The summed E-state index contributed by atoms with van der Waals surface area (Å²) >= 11 is 1.40. The molecule has 0 aromatic rings. The van der Waals surface area contributed by atoms with Crippen LogP contribution in [0.15, 0.2) is 0 Å². The second-order valence-electron chi connectivity index (χ2n) is 4.15. The number of aliphatic hydroxyl groups is 1. The highest BCUT2D eigenvalue weighted by atomic mass is 32.2. The van der Waals surface area contributed by atoms with Crippen molar-refractivity contribution in [1.82, 2.24) is 0 Å². The predicted octanol–water partition coefficient (Wildman–Crippen LogP) is 0.0224. The summed E-state index contributed by atoms with van der Waals surface area (Å²) in [6, 6.07) is -0.648. The number of rotatable bonds is 11. The zero-order valence-corrected chi connectivity index (χ0v) is 12.6. The minimum atomic E-state index is -0.648. The Morgan fingerprint density at radius 1 is 1.37 bits per heavy atom. The molecule has 0 radical (unpaired) electrons. The molecule has 0 aromatic heterocycles. The Kier molecular flexibility index (Phi) is 11.3. The summed E-state index contributed by atoms with van der Waals surface area (Å²) in [5.74, 6) is 0.477. The number of aliphatic hydroxyl groups excluding tert-OH is 1. The Morgan fingerprint density at radius 3 is 2.63 bits per heavy atom. The van der Waals surface area contributed by atoms with Crippen LogP contribution in [0, 0.1) is 0 Å². The third-order valence-electron chi connectivity index (χ3n) is 2.17. The Labute approximate surface area is 119 Å². The van der Waals surface area contributed by atoms with E-state index in [0.717, 1.165) is 0 Å². The van der Waals surface area contributed by atoms with Gasteiger partial charge in [-0.3, -0.25) is 4.79 Å². The van der Waals surface area contributed by atoms with Crippen molar-refractivity contribution >= 4 is 17.7 Å². The van der Waals surface area contributed by atoms with E-state index in [4.69, 9.17) is 19.9 Å². The van der Waals surface area contributed by atoms with E-state index in [2.05, 4.69) is 0 Å². The lowest BCUT2D eigenvalue weighted by molar-refractivity contribution is -0.144. The van der Waals surface area contributed by atoms with Gasteiger partial charge in [0.05, 0.1) is 32.0 Å². The molecule has 0 aliphatic rings. The zero-order chi connectivity index (χ0) is 14.7. The molecule has 0 fully saturated rings. The zero-order valence-electron chi connectivity index (χ0n) is 11.8. The van der Waals surface area contributed by atoms with Gasteiger partial charge in [-0.2, -0.15) is 11.8 Å². The van der Waals surface area contributed by atoms with E-state index in [-0.39, 0.29) is 12.7 Å². The molecule has 0 rings (SSSR count). The Balaban J connectivity index is 3.62. The van der Waals surface area contributed by atoms with Crippen LogP contribution < -0.4 is 5.73 Å². The van der Waals surface area contributed by atoms with Crippen molar-refractivity contribution in [2.45, 2.75) is 32.1 Å². The number of carbonyl (C=O) groups is 1. The number of thioether (sulfide) groups is 1.